The Balaban J connectivity index is 3.99. The number of alkyl halides is 2. The van der Waals surface area contributed by atoms with Gasteiger partial charge in [-0.2, -0.15) is 20.5 Å². The average Bonchev–Trinajstić information content (AvgIpc) is 2.14. The topological polar surface area (TPSA) is 52.3 Å². The zero-order valence-electron chi connectivity index (χ0n) is 8.26. The molecule has 0 heterocycles. The zero-order chi connectivity index (χ0) is 11.2. The van der Waals surface area contributed by atoms with Crippen molar-refractivity contribution in [2.75, 3.05) is 18.9 Å². The van der Waals surface area contributed by atoms with Gasteiger partial charge in [-0.15, -0.1) is 0 Å². The Hall–Kier alpha value is -0.360. The van der Waals surface area contributed by atoms with Crippen molar-refractivity contribution in [3.8, 4) is 0 Å². The highest BCUT2D eigenvalue weighted by Crippen LogP contribution is 2.24. The third-order valence-electron chi connectivity index (χ3n) is 1.46. The fourth-order valence-electron chi connectivity index (χ4n) is 0.611. The molecule has 0 bridgehead atoms. The SMILES string of the molecule is CCOC(=O)C(F)(F)CSC(C)CN. The molecule has 2 N–H and O–H groups in total. The molecule has 0 fully saturated rings. The summed E-state index contributed by atoms with van der Waals surface area (Å²) in [6.07, 6.45) is 0. The van der Waals surface area contributed by atoms with Crippen molar-refractivity contribution >= 4 is 17.7 Å². The summed E-state index contributed by atoms with van der Waals surface area (Å²) in [7, 11) is 0. The maximum Gasteiger partial charge on any atom is 0.377 e. The van der Waals surface area contributed by atoms with Crippen LogP contribution in [-0.4, -0.2) is 36.0 Å². The molecule has 0 saturated heterocycles. The molecule has 84 valence electrons. The fourth-order valence-corrected chi connectivity index (χ4v) is 1.36. The van der Waals surface area contributed by atoms with Crippen LogP contribution in [0.1, 0.15) is 13.8 Å². The first-order chi connectivity index (χ1) is 6.44. The van der Waals surface area contributed by atoms with E-state index in [0.717, 1.165) is 11.8 Å². The maximum atomic E-state index is 13.0. The Morgan fingerprint density at radius 1 is 1.64 bits per heavy atom. The third kappa shape index (κ3) is 4.76. The molecule has 0 saturated carbocycles. The summed E-state index contributed by atoms with van der Waals surface area (Å²) in [5.41, 5.74) is 5.25. The van der Waals surface area contributed by atoms with E-state index in [2.05, 4.69) is 4.74 Å². The van der Waals surface area contributed by atoms with Crippen LogP contribution in [0.4, 0.5) is 8.78 Å². The van der Waals surface area contributed by atoms with Crippen LogP contribution in [0, 0.1) is 0 Å². The molecule has 0 aliphatic carbocycles. The standard InChI is InChI=1S/C8H15F2NO2S/c1-3-13-7(12)8(9,10)5-14-6(2)4-11/h6H,3-5,11H2,1-2H3. The minimum atomic E-state index is -3.41. The van der Waals surface area contributed by atoms with Crippen molar-refractivity contribution in [2.24, 2.45) is 5.73 Å². The molecule has 0 radical (unpaired) electrons. The molecular formula is C8H15F2NO2S. The molecule has 0 aromatic carbocycles. The smallest absolute Gasteiger partial charge is 0.377 e. The number of rotatable bonds is 6. The minimum Gasteiger partial charge on any atom is -0.462 e. The van der Waals surface area contributed by atoms with Gasteiger partial charge in [0.05, 0.1) is 12.4 Å². The molecule has 0 amide bonds. The zero-order valence-corrected chi connectivity index (χ0v) is 9.07. The summed E-state index contributed by atoms with van der Waals surface area (Å²) in [5, 5.41) is -0.0877. The maximum absolute atomic E-state index is 13.0. The Kier molecular flexibility index (Phi) is 6.03. The molecule has 0 aromatic heterocycles. The lowest BCUT2D eigenvalue weighted by Gasteiger charge is -2.16. The lowest BCUT2D eigenvalue weighted by molar-refractivity contribution is -0.167. The molecule has 1 atom stereocenters. The lowest BCUT2D eigenvalue weighted by atomic mass is 10.4. The second kappa shape index (κ2) is 6.19. The predicted molar refractivity (Wildman–Crippen MR) is 52.6 cm³/mol. The molecule has 14 heavy (non-hydrogen) atoms. The molecule has 6 heteroatoms. The van der Waals surface area contributed by atoms with Crippen LogP contribution in [0.15, 0.2) is 0 Å². The van der Waals surface area contributed by atoms with E-state index in [-0.39, 0.29) is 11.9 Å². The van der Waals surface area contributed by atoms with Crippen LogP contribution in [0.2, 0.25) is 0 Å². The first-order valence-electron chi connectivity index (χ1n) is 4.30. The normalized spacial score (nSPS) is 13.8. The quantitative estimate of drug-likeness (QED) is 0.694. The Labute approximate surface area is 86.4 Å². The van der Waals surface area contributed by atoms with E-state index >= 15 is 0 Å². The average molecular weight is 227 g/mol. The van der Waals surface area contributed by atoms with Crippen molar-refractivity contribution in [3.05, 3.63) is 0 Å². The monoisotopic (exact) mass is 227 g/mol. The summed E-state index contributed by atoms with van der Waals surface area (Å²) in [6.45, 7) is 3.49. The number of hydrogen-bond donors (Lipinski definition) is 1. The number of ether oxygens (including phenoxy) is 1. The number of nitrogens with two attached hydrogens (primary N) is 1. The highest BCUT2D eigenvalue weighted by molar-refractivity contribution is 8.00. The molecule has 1 unspecified atom stereocenters. The van der Waals surface area contributed by atoms with Crippen LogP contribution in [0.25, 0.3) is 0 Å². The summed E-state index contributed by atoms with van der Waals surface area (Å²) in [4.78, 5) is 10.7. The fraction of sp³-hybridized carbons (Fsp3) is 0.875. The van der Waals surface area contributed by atoms with Gasteiger partial charge in [0.2, 0.25) is 0 Å². The van der Waals surface area contributed by atoms with Crippen molar-refractivity contribution in [3.63, 3.8) is 0 Å². The van der Waals surface area contributed by atoms with Crippen molar-refractivity contribution in [1.29, 1.82) is 0 Å². The second-order valence-electron chi connectivity index (χ2n) is 2.78. The van der Waals surface area contributed by atoms with Gasteiger partial charge >= 0.3 is 11.9 Å². The summed E-state index contributed by atoms with van der Waals surface area (Å²) < 4.78 is 30.2. The van der Waals surface area contributed by atoms with Crippen LogP contribution in [0.5, 0.6) is 0 Å². The highest BCUT2D eigenvalue weighted by atomic mass is 32.2. The van der Waals surface area contributed by atoms with Gasteiger partial charge in [-0.1, -0.05) is 6.92 Å². The van der Waals surface area contributed by atoms with Gasteiger partial charge < -0.3 is 10.5 Å². The second-order valence-corrected chi connectivity index (χ2v) is 4.21. The van der Waals surface area contributed by atoms with Crippen LogP contribution in [0.3, 0.4) is 0 Å². The minimum absolute atomic E-state index is 0.0362. The number of thioether (sulfide) groups is 1. The van der Waals surface area contributed by atoms with Crippen LogP contribution < -0.4 is 5.73 Å². The molecule has 0 spiro atoms. The van der Waals surface area contributed by atoms with Gasteiger partial charge in [0, 0.05) is 11.8 Å². The van der Waals surface area contributed by atoms with Crippen molar-refractivity contribution in [1.82, 2.24) is 0 Å². The number of carbonyl (C=O) groups excluding carboxylic acids is 1. The van der Waals surface area contributed by atoms with E-state index in [1.165, 1.54) is 6.92 Å². The highest BCUT2D eigenvalue weighted by Gasteiger charge is 2.40. The van der Waals surface area contributed by atoms with Gasteiger partial charge in [-0.25, -0.2) is 4.79 Å². The molecular weight excluding hydrogens is 212 g/mol. The summed E-state index contributed by atoms with van der Waals surface area (Å²) in [6, 6.07) is 0. The van der Waals surface area contributed by atoms with E-state index in [0.29, 0.717) is 6.54 Å². The number of hydrogen-bond acceptors (Lipinski definition) is 4. The molecule has 0 aliphatic heterocycles. The predicted octanol–water partition coefficient (Wildman–Crippen LogP) is 1.27. The van der Waals surface area contributed by atoms with Crippen molar-refractivity contribution in [2.45, 2.75) is 25.0 Å². The first kappa shape index (κ1) is 13.6. The van der Waals surface area contributed by atoms with Gasteiger partial charge in [0.1, 0.15) is 0 Å². The van der Waals surface area contributed by atoms with Gasteiger partial charge in [-0.05, 0) is 6.92 Å². The van der Waals surface area contributed by atoms with Gasteiger partial charge in [0.15, 0.2) is 0 Å². The molecule has 3 nitrogen and oxygen atoms in total. The lowest BCUT2D eigenvalue weighted by Crippen LogP contribution is -2.34. The van der Waals surface area contributed by atoms with E-state index in [4.69, 9.17) is 5.73 Å². The van der Waals surface area contributed by atoms with E-state index in [1.807, 2.05) is 0 Å². The van der Waals surface area contributed by atoms with E-state index < -0.39 is 17.6 Å². The van der Waals surface area contributed by atoms with Crippen LogP contribution in [-0.2, 0) is 9.53 Å². The third-order valence-corrected chi connectivity index (χ3v) is 2.75. The molecule has 0 aromatic rings. The van der Waals surface area contributed by atoms with Gasteiger partial charge in [0.25, 0.3) is 0 Å². The van der Waals surface area contributed by atoms with Crippen molar-refractivity contribution < 1.29 is 18.3 Å². The van der Waals surface area contributed by atoms with Crippen LogP contribution >= 0.6 is 11.8 Å². The van der Waals surface area contributed by atoms with E-state index in [9.17, 15) is 13.6 Å². The summed E-state index contributed by atoms with van der Waals surface area (Å²) in [5.74, 6) is -5.45. The Morgan fingerprint density at radius 3 is 2.64 bits per heavy atom. The summed E-state index contributed by atoms with van der Waals surface area (Å²) >= 11 is 0.962. The molecule has 0 rings (SSSR count). The molecule has 0 aliphatic rings. The van der Waals surface area contributed by atoms with Gasteiger partial charge in [-0.3, -0.25) is 0 Å². The number of halogens is 2. The Bertz CT molecular complexity index is 190. The largest absolute Gasteiger partial charge is 0.462 e. The first-order valence-corrected chi connectivity index (χ1v) is 5.35. The Morgan fingerprint density at radius 2 is 2.21 bits per heavy atom. The number of carbonyl (C=O) groups is 1. The number of esters is 1. The van der Waals surface area contributed by atoms with E-state index in [1.54, 1.807) is 6.92 Å².